The Morgan fingerprint density at radius 3 is 0.727 bits per heavy atom. The van der Waals surface area contributed by atoms with Gasteiger partial charge in [-0.1, -0.05) is 152 Å². The fraction of sp³-hybridized carbons (Fsp3) is 0.0238. The second-order valence-corrected chi connectivity index (χ2v) is 10.4. The maximum absolute atomic E-state index is 10.5. The van der Waals surface area contributed by atoms with Gasteiger partial charge >= 0.3 is 17.1 Å². The average molecular weight is 609 g/mol. The number of ketones is 1. The third-order valence-corrected chi connectivity index (χ3v) is 7.63. The Hall–Kier alpha value is -3.71. The smallest absolute Gasteiger partial charge is 0.299 e. The minimum atomic E-state index is 0. The van der Waals surface area contributed by atoms with E-state index in [0.29, 0.717) is 0 Å². The largest absolute Gasteiger partial charge is 2.00 e. The van der Waals surface area contributed by atoms with Gasteiger partial charge in [0.05, 0.1) is 0 Å². The summed E-state index contributed by atoms with van der Waals surface area (Å²) >= 11 is 0. The summed E-state index contributed by atoms with van der Waals surface area (Å²) in [5.41, 5.74) is 6.13. The summed E-state index contributed by atoms with van der Waals surface area (Å²) in [7, 11) is 0. The van der Waals surface area contributed by atoms with Crippen LogP contribution in [-0.2, 0) is 21.9 Å². The number of carbonyl (C=O) groups excluding carboxylic acids is 1. The van der Waals surface area contributed by atoms with Crippen LogP contribution in [0, 0.1) is 61.2 Å². The van der Waals surface area contributed by atoms with Crippen LogP contribution in [0.1, 0.15) is 34.7 Å². The van der Waals surface area contributed by atoms with E-state index in [4.69, 9.17) is 0 Å². The first-order valence-corrected chi connectivity index (χ1v) is 14.6. The molecule has 0 aromatic heterocycles. The quantitative estimate of drug-likeness (QED) is 0.176. The van der Waals surface area contributed by atoms with Crippen LogP contribution >= 0.6 is 0 Å². The van der Waals surface area contributed by atoms with Gasteiger partial charge in [0.25, 0.3) is 0 Å². The van der Waals surface area contributed by atoms with E-state index in [9.17, 15) is 4.79 Å². The molecule has 5 aromatic carbocycles. The van der Waals surface area contributed by atoms with Gasteiger partial charge in [0, 0.05) is 35.5 Å². The van der Waals surface area contributed by atoms with Crippen LogP contribution in [0.25, 0.3) is 0 Å². The summed E-state index contributed by atoms with van der Waals surface area (Å²) in [5, 5.41) is 0. The molecule has 0 spiro atoms. The Morgan fingerprint density at radius 2 is 0.568 bits per heavy atom. The molecule has 5 aromatic rings. The van der Waals surface area contributed by atoms with E-state index >= 15 is 0 Å². The maximum Gasteiger partial charge on any atom is 2.00 e. The standard InChI is InChI=1S/C35H25.C7H7O.Fe/c1-6-16-26(17-7-1)31-32(27-18-8-2-9-19-27)34(29-22-12-4-13-23-29)35(30-24-14-5-15-25-30)33(31)28-20-10-3-11-21-28;1-6(8)7-4-2-3-5-7;/h1-25H;2-5H,1H3;/q;;+2. The molecule has 0 saturated heterocycles. The molecule has 212 valence electrons. The number of rotatable bonds is 6. The zero-order valence-corrected chi connectivity index (χ0v) is 25.6. The Balaban J connectivity index is 0.000000373. The van der Waals surface area contributed by atoms with Crippen molar-refractivity contribution in [2.24, 2.45) is 0 Å². The van der Waals surface area contributed by atoms with Gasteiger partial charge in [0.2, 0.25) is 0 Å². The molecule has 0 unspecified atom stereocenters. The predicted octanol–water partition coefficient (Wildman–Crippen LogP) is 9.09. The average Bonchev–Trinajstić information content (AvgIpc) is 3.75. The van der Waals surface area contributed by atoms with Crippen molar-refractivity contribution in [2.45, 2.75) is 6.92 Å². The number of hydrogen-bond donors (Lipinski definition) is 0. The molecule has 0 bridgehead atoms. The van der Waals surface area contributed by atoms with Crippen molar-refractivity contribution in [3.05, 3.63) is 241 Å². The van der Waals surface area contributed by atoms with E-state index in [1.165, 1.54) is 57.4 Å². The minimum absolute atomic E-state index is 0. The van der Waals surface area contributed by atoms with E-state index in [1.807, 2.05) is 25.7 Å². The molecule has 2 heteroatoms. The Morgan fingerprint density at radius 1 is 0.364 bits per heavy atom. The molecule has 7 rings (SSSR count). The van der Waals surface area contributed by atoms with Gasteiger partial charge in [-0.15, -0.1) is 0 Å². The van der Waals surface area contributed by atoms with Crippen molar-refractivity contribution in [1.29, 1.82) is 0 Å². The summed E-state index contributed by atoms with van der Waals surface area (Å²) in [6.07, 6.45) is 7.33. The van der Waals surface area contributed by atoms with Crippen LogP contribution in [0.4, 0.5) is 0 Å². The van der Waals surface area contributed by atoms with Crippen LogP contribution < -0.4 is 0 Å². The maximum atomic E-state index is 10.5. The van der Waals surface area contributed by atoms with Gasteiger partial charge in [-0.3, -0.25) is 4.79 Å². The number of carbonyl (C=O) groups is 1. The third-order valence-electron chi connectivity index (χ3n) is 7.63. The van der Waals surface area contributed by atoms with Crippen LogP contribution in [0.3, 0.4) is 0 Å². The van der Waals surface area contributed by atoms with Crippen molar-refractivity contribution in [1.82, 2.24) is 0 Å². The fourth-order valence-electron chi connectivity index (χ4n) is 5.70. The summed E-state index contributed by atoms with van der Waals surface area (Å²) in [5.74, 6) is 7.32. The van der Waals surface area contributed by atoms with Gasteiger partial charge in [-0.25, -0.2) is 0 Å². The molecule has 0 N–H and O–H groups in total. The van der Waals surface area contributed by atoms with Crippen molar-refractivity contribution in [3.63, 3.8) is 0 Å². The van der Waals surface area contributed by atoms with Crippen LogP contribution in [-0.4, -0.2) is 5.78 Å². The predicted molar refractivity (Wildman–Crippen MR) is 175 cm³/mol. The monoisotopic (exact) mass is 608 g/mol. The molecule has 2 aliphatic carbocycles. The van der Waals surface area contributed by atoms with Crippen molar-refractivity contribution in [2.75, 3.05) is 0 Å². The number of benzene rings is 5. The van der Waals surface area contributed by atoms with Crippen LogP contribution in [0.5, 0.6) is 0 Å². The first-order chi connectivity index (χ1) is 21.2. The van der Waals surface area contributed by atoms with Crippen LogP contribution in [0.2, 0.25) is 0 Å². The Kier molecular flexibility index (Phi) is 11.0. The first-order valence-electron chi connectivity index (χ1n) is 14.6. The Labute approximate surface area is 274 Å². The molecular formula is C42H32FeO+2. The van der Waals surface area contributed by atoms with E-state index < -0.39 is 0 Å². The fourth-order valence-corrected chi connectivity index (χ4v) is 5.70. The summed E-state index contributed by atoms with van der Waals surface area (Å²) in [4.78, 5) is 10.5. The normalized spacial score (nSPS) is 16.7. The van der Waals surface area contributed by atoms with Gasteiger partial charge in [-0.2, -0.15) is 0 Å². The Bertz CT molecular complexity index is 1290. The van der Waals surface area contributed by atoms with Crippen molar-refractivity contribution in [3.8, 4) is 0 Å². The van der Waals surface area contributed by atoms with E-state index in [0.717, 1.165) is 5.92 Å². The van der Waals surface area contributed by atoms with Gasteiger partial charge in [0.1, 0.15) is 5.78 Å². The first kappa shape index (κ1) is 31.7. The van der Waals surface area contributed by atoms with Crippen LogP contribution in [0.15, 0.2) is 152 Å². The molecule has 2 aliphatic rings. The molecule has 0 atom stereocenters. The molecule has 2 saturated carbocycles. The molecule has 2 fully saturated rings. The minimum Gasteiger partial charge on any atom is -0.299 e. The molecule has 1 nitrogen and oxygen atoms in total. The summed E-state index contributed by atoms with van der Waals surface area (Å²) in [6.45, 7) is 1.56. The molecule has 44 heavy (non-hydrogen) atoms. The number of Topliss-reactive ketones (excluding diaryl/α,β-unsaturated/α-hetero) is 1. The molecule has 0 aliphatic heterocycles. The molecule has 0 heterocycles. The third kappa shape index (κ3) is 6.99. The summed E-state index contributed by atoms with van der Waals surface area (Å²) in [6, 6.07) is 54.1. The number of hydrogen-bond acceptors (Lipinski definition) is 1. The van der Waals surface area contributed by atoms with Crippen molar-refractivity contribution >= 4 is 5.78 Å². The zero-order chi connectivity index (χ0) is 29.4. The summed E-state index contributed by atoms with van der Waals surface area (Å²) < 4.78 is 0. The van der Waals surface area contributed by atoms with E-state index in [1.54, 1.807) is 6.92 Å². The molecular weight excluding hydrogens is 576 g/mol. The van der Waals surface area contributed by atoms with E-state index in [2.05, 4.69) is 152 Å². The zero-order valence-electron chi connectivity index (χ0n) is 24.5. The second kappa shape index (κ2) is 15.3. The van der Waals surface area contributed by atoms with Gasteiger partial charge in [-0.05, 0) is 60.4 Å². The molecule has 10 radical (unpaired) electrons. The second-order valence-electron chi connectivity index (χ2n) is 10.4. The van der Waals surface area contributed by atoms with E-state index in [-0.39, 0.29) is 22.9 Å². The topological polar surface area (TPSA) is 17.1 Å². The van der Waals surface area contributed by atoms with Gasteiger partial charge in [0.15, 0.2) is 0 Å². The van der Waals surface area contributed by atoms with Gasteiger partial charge < -0.3 is 0 Å². The molecule has 0 amide bonds. The van der Waals surface area contributed by atoms with Crippen molar-refractivity contribution < 1.29 is 21.9 Å². The SMILES string of the molecule is CC(=O)[C]1[CH][CH][CH][CH]1.[Fe+2].c1ccc([C]2[C](c3ccccc3)[C](c3ccccc3)[C](c3ccccc3)[C]2c2ccccc2)cc1.